The number of allylic oxidation sites excluding steroid dienone is 1. The number of hydrogen-bond donors (Lipinski definition) is 0. The molecule has 33 heavy (non-hydrogen) atoms. The molecule has 1 atom stereocenters. The van der Waals surface area contributed by atoms with E-state index < -0.39 is 0 Å². The number of benzene rings is 1. The molecule has 5 rings (SSSR count). The Morgan fingerprint density at radius 2 is 1.82 bits per heavy atom. The molecule has 6 nitrogen and oxygen atoms in total. The monoisotopic (exact) mass is 436 g/mol. The Morgan fingerprint density at radius 3 is 2.58 bits per heavy atom. The maximum absolute atomic E-state index is 5.03. The van der Waals surface area contributed by atoms with Gasteiger partial charge in [-0.15, -0.1) is 0 Å². The zero-order valence-electron chi connectivity index (χ0n) is 19.1. The van der Waals surface area contributed by atoms with E-state index in [0.29, 0.717) is 5.92 Å². The summed E-state index contributed by atoms with van der Waals surface area (Å²) < 4.78 is 0. The number of amidine groups is 1. The zero-order valence-corrected chi connectivity index (χ0v) is 19.1. The quantitative estimate of drug-likeness (QED) is 0.668. The Morgan fingerprint density at radius 1 is 1.03 bits per heavy atom. The fraction of sp³-hybridized carbons (Fsp3) is 0.259. The van der Waals surface area contributed by atoms with Crippen LogP contribution in [0.1, 0.15) is 35.4 Å². The summed E-state index contributed by atoms with van der Waals surface area (Å²) in [5.41, 5.74) is 8.41. The van der Waals surface area contributed by atoms with Gasteiger partial charge >= 0.3 is 0 Å². The second kappa shape index (κ2) is 8.93. The molecule has 1 aromatic heterocycles. The first kappa shape index (κ1) is 21.0. The first-order chi connectivity index (χ1) is 16.1. The summed E-state index contributed by atoms with van der Waals surface area (Å²) in [6.07, 6.45) is 11.6. The van der Waals surface area contributed by atoms with Gasteiger partial charge in [0, 0.05) is 68.5 Å². The van der Waals surface area contributed by atoms with Crippen LogP contribution in [0.2, 0.25) is 0 Å². The Labute approximate surface area is 195 Å². The maximum Gasteiger partial charge on any atom is 0.206 e. The van der Waals surface area contributed by atoms with Crippen LogP contribution in [0.3, 0.4) is 0 Å². The van der Waals surface area contributed by atoms with Crippen LogP contribution >= 0.6 is 0 Å². The van der Waals surface area contributed by atoms with Crippen LogP contribution in [0, 0.1) is 0 Å². The molecule has 3 aliphatic heterocycles. The second-order valence-corrected chi connectivity index (χ2v) is 8.62. The normalized spacial score (nSPS) is 20.5. The number of nitrogens with zero attached hydrogens (tertiary/aromatic N) is 6. The molecule has 0 amide bonds. The number of aromatic nitrogens is 1. The van der Waals surface area contributed by atoms with E-state index in [1.54, 1.807) is 18.6 Å². The van der Waals surface area contributed by atoms with E-state index in [4.69, 9.17) is 4.99 Å². The summed E-state index contributed by atoms with van der Waals surface area (Å²) >= 11 is 0. The Bertz CT molecular complexity index is 1200. The fourth-order valence-corrected chi connectivity index (χ4v) is 4.56. The predicted molar refractivity (Wildman–Crippen MR) is 133 cm³/mol. The second-order valence-electron chi connectivity index (χ2n) is 8.62. The van der Waals surface area contributed by atoms with Crippen LogP contribution in [0.5, 0.6) is 0 Å². The predicted octanol–water partition coefficient (Wildman–Crippen LogP) is 4.44. The van der Waals surface area contributed by atoms with Gasteiger partial charge in [0.15, 0.2) is 0 Å². The molecule has 3 aliphatic rings. The van der Waals surface area contributed by atoms with Crippen LogP contribution < -0.4 is 0 Å². The zero-order chi connectivity index (χ0) is 22.8. The fourth-order valence-electron chi connectivity index (χ4n) is 4.56. The van der Waals surface area contributed by atoms with Gasteiger partial charge < -0.3 is 14.7 Å². The standard InChI is InChI=1S/C27H28N6/c1-20-18-25(22-11-14-28-15-12-22)30-27(32(20)3)33-17-4-6-24(19-33)21-7-9-23(10-8-21)26-29-13-5-16-31(26)2/h7-16,18,24H,1,4,6,17,19H2,2-3H3. The number of pyridine rings is 1. The first-order valence-corrected chi connectivity index (χ1v) is 11.3. The highest BCUT2D eigenvalue weighted by Gasteiger charge is 2.28. The highest BCUT2D eigenvalue weighted by molar-refractivity contribution is 6.00. The molecule has 2 aromatic rings. The molecule has 1 unspecified atom stereocenters. The van der Waals surface area contributed by atoms with Gasteiger partial charge in [-0.3, -0.25) is 4.98 Å². The van der Waals surface area contributed by atoms with E-state index in [1.807, 2.05) is 43.4 Å². The van der Waals surface area contributed by atoms with Gasteiger partial charge in [0.1, 0.15) is 5.84 Å². The summed E-state index contributed by atoms with van der Waals surface area (Å²) in [6.45, 7) is 6.19. The van der Waals surface area contributed by atoms with Crippen LogP contribution in [0.15, 0.2) is 95.3 Å². The Hall–Kier alpha value is -3.89. The van der Waals surface area contributed by atoms with Gasteiger partial charge in [-0.25, -0.2) is 9.98 Å². The molecule has 0 aliphatic carbocycles. The summed E-state index contributed by atoms with van der Waals surface area (Å²) in [7, 11) is 4.04. The van der Waals surface area contributed by atoms with E-state index in [-0.39, 0.29) is 0 Å². The summed E-state index contributed by atoms with van der Waals surface area (Å²) in [5, 5.41) is 0. The van der Waals surface area contributed by atoms with E-state index >= 15 is 0 Å². The third-order valence-electron chi connectivity index (χ3n) is 6.44. The molecule has 6 heteroatoms. The summed E-state index contributed by atoms with van der Waals surface area (Å²) in [6, 6.07) is 12.8. The lowest BCUT2D eigenvalue weighted by Crippen LogP contribution is -2.47. The lowest BCUT2D eigenvalue weighted by atomic mass is 9.90. The van der Waals surface area contributed by atoms with E-state index in [2.05, 4.69) is 56.4 Å². The van der Waals surface area contributed by atoms with Crippen molar-refractivity contribution in [2.45, 2.75) is 18.8 Å². The third-order valence-corrected chi connectivity index (χ3v) is 6.44. The van der Waals surface area contributed by atoms with Crippen molar-refractivity contribution in [3.8, 4) is 0 Å². The summed E-state index contributed by atoms with van der Waals surface area (Å²) in [4.78, 5) is 20.1. The molecule has 1 saturated heterocycles. The lowest BCUT2D eigenvalue weighted by molar-refractivity contribution is 0.284. The van der Waals surface area contributed by atoms with Gasteiger partial charge in [0.05, 0.1) is 11.9 Å². The average molecular weight is 437 g/mol. The van der Waals surface area contributed by atoms with Crippen LogP contribution in [-0.4, -0.2) is 58.7 Å². The van der Waals surface area contributed by atoms with Crippen molar-refractivity contribution in [3.63, 3.8) is 0 Å². The van der Waals surface area contributed by atoms with Crippen LogP contribution in [0.4, 0.5) is 0 Å². The molecule has 0 radical (unpaired) electrons. The highest BCUT2D eigenvalue weighted by atomic mass is 15.4. The highest BCUT2D eigenvalue weighted by Crippen LogP contribution is 2.31. The maximum atomic E-state index is 5.03. The number of rotatable bonds is 3. The van der Waals surface area contributed by atoms with Gasteiger partial charge in [-0.1, -0.05) is 36.6 Å². The average Bonchev–Trinajstić information content (AvgIpc) is 2.87. The minimum atomic E-state index is 0.457. The molecule has 1 aromatic carbocycles. The van der Waals surface area contributed by atoms with Crippen molar-refractivity contribution in [2.75, 3.05) is 27.2 Å². The molecule has 0 saturated carbocycles. The molecule has 166 valence electrons. The van der Waals surface area contributed by atoms with Crippen molar-refractivity contribution in [1.82, 2.24) is 19.7 Å². The SMILES string of the molecule is C=C1C=C(c2ccncc2)N=C(N2CCCC(c3ccc(C4=NC=C=CN4C)cc3)C2)N1C. The summed E-state index contributed by atoms with van der Waals surface area (Å²) in [5.74, 6) is 2.36. The topological polar surface area (TPSA) is 47.3 Å². The van der Waals surface area contributed by atoms with Crippen molar-refractivity contribution in [1.29, 1.82) is 0 Å². The number of hydrogen-bond acceptors (Lipinski definition) is 6. The third kappa shape index (κ3) is 4.26. The molecule has 0 spiro atoms. The number of aliphatic imine (C=N–C) groups is 2. The van der Waals surface area contributed by atoms with E-state index in [9.17, 15) is 0 Å². The van der Waals surface area contributed by atoms with Crippen LogP contribution in [-0.2, 0) is 0 Å². The number of likely N-dealkylation sites (N-methyl/N-ethyl adjacent to an activating group) is 1. The van der Waals surface area contributed by atoms with Crippen LogP contribution in [0.25, 0.3) is 5.70 Å². The molecule has 0 bridgehead atoms. The minimum Gasteiger partial charge on any atom is -0.342 e. The number of likely N-dealkylation sites (tertiary alicyclic amines) is 1. The first-order valence-electron chi connectivity index (χ1n) is 11.3. The Kier molecular flexibility index (Phi) is 5.68. The largest absolute Gasteiger partial charge is 0.342 e. The molecular formula is C27H28N6. The van der Waals surface area contributed by atoms with Gasteiger partial charge in [-0.2, -0.15) is 0 Å². The molecule has 0 N–H and O–H groups in total. The lowest BCUT2D eigenvalue weighted by Gasteiger charge is -2.39. The molecule has 4 heterocycles. The van der Waals surface area contributed by atoms with Gasteiger partial charge in [-0.05, 0) is 36.6 Å². The minimum absolute atomic E-state index is 0.457. The van der Waals surface area contributed by atoms with Crippen molar-refractivity contribution in [2.24, 2.45) is 9.98 Å². The van der Waals surface area contributed by atoms with Gasteiger partial charge in [0.2, 0.25) is 5.96 Å². The van der Waals surface area contributed by atoms with Crippen molar-refractivity contribution in [3.05, 3.63) is 102 Å². The Balaban J connectivity index is 1.36. The molecular weight excluding hydrogens is 408 g/mol. The number of guanidine groups is 1. The van der Waals surface area contributed by atoms with Crippen molar-refractivity contribution < 1.29 is 0 Å². The van der Waals surface area contributed by atoms with Gasteiger partial charge in [0.25, 0.3) is 0 Å². The van der Waals surface area contributed by atoms with Crippen molar-refractivity contribution >= 4 is 17.5 Å². The molecule has 1 fully saturated rings. The number of piperidine rings is 1. The smallest absolute Gasteiger partial charge is 0.206 e. The van der Waals surface area contributed by atoms with E-state index in [0.717, 1.165) is 53.8 Å². The van der Waals surface area contributed by atoms with E-state index in [1.165, 1.54) is 12.0 Å².